The topological polar surface area (TPSA) is 50.3 Å². The molecular weight excluding hydrogens is 366 g/mol. The van der Waals surface area contributed by atoms with Crippen molar-refractivity contribution >= 4 is 31.6 Å². The highest BCUT2D eigenvalue weighted by atomic mass is 32.2. The molecule has 1 aliphatic heterocycles. The number of fused-ring (bicyclic) bond motifs is 1. The van der Waals surface area contributed by atoms with Crippen molar-refractivity contribution in [2.45, 2.75) is 23.8 Å². The number of para-hydroxylation sites is 1. The van der Waals surface area contributed by atoms with Gasteiger partial charge in [0.05, 0.1) is 16.3 Å². The molecule has 0 N–H and O–H groups in total. The van der Waals surface area contributed by atoms with Gasteiger partial charge in [-0.2, -0.15) is 4.31 Å². The first-order chi connectivity index (χ1) is 12.0. The van der Waals surface area contributed by atoms with Crippen molar-refractivity contribution in [2.75, 3.05) is 6.54 Å². The van der Waals surface area contributed by atoms with Crippen molar-refractivity contribution in [3.63, 3.8) is 0 Å². The Hall–Kier alpha value is -1.90. The zero-order chi connectivity index (χ0) is 17.6. The first-order valence-corrected chi connectivity index (χ1v) is 10.0. The van der Waals surface area contributed by atoms with Gasteiger partial charge in [0.25, 0.3) is 0 Å². The smallest absolute Gasteiger partial charge is 0.239 e. The van der Waals surface area contributed by atoms with Crippen LogP contribution in [0.3, 0.4) is 0 Å². The first kappa shape index (κ1) is 16.6. The van der Waals surface area contributed by atoms with Crippen LogP contribution >= 0.6 is 11.3 Å². The summed E-state index contributed by atoms with van der Waals surface area (Å²) in [5.41, 5.74) is 0.809. The minimum atomic E-state index is -4.14. The molecule has 1 fully saturated rings. The molecule has 0 radical (unpaired) electrons. The number of hydrogen-bond donors (Lipinski definition) is 0. The molecule has 4 nitrogen and oxygen atoms in total. The second kappa shape index (κ2) is 6.12. The molecule has 2 heterocycles. The molecule has 1 saturated heterocycles. The molecule has 0 unspecified atom stereocenters. The van der Waals surface area contributed by atoms with Gasteiger partial charge >= 0.3 is 0 Å². The molecule has 8 heteroatoms. The fraction of sp³-hybridized carbons (Fsp3) is 0.235. The third-order valence-electron chi connectivity index (χ3n) is 4.28. The highest BCUT2D eigenvalue weighted by molar-refractivity contribution is 7.89. The van der Waals surface area contributed by atoms with Crippen molar-refractivity contribution in [1.82, 2.24) is 9.29 Å². The molecule has 0 amide bonds. The largest absolute Gasteiger partial charge is 0.246 e. The molecule has 1 aromatic heterocycles. The van der Waals surface area contributed by atoms with Crippen LogP contribution in [0.1, 0.15) is 23.9 Å². The van der Waals surface area contributed by atoms with Crippen LogP contribution in [0.2, 0.25) is 0 Å². The summed E-state index contributed by atoms with van der Waals surface area (Å²) in [5.74, 6) is -1.73. The van der Waals surface area contributed by atoms with Gasteiger partial charge in [0.1, 0.15) is 21.5 Å². The Bertz CT molecular complexity index is 1020. The van der Waals surface area contributed by atoms with Gasteiger partial charge in [-0.1, -0.05) is 12.1 Å². The van der Waals surface area contributed by atoms with Gasteiger partial charge in [-0.05, 0) is 43.2 Å². The highest BCUT2D eigenvalue weighted by Gasteiger charge is 2.39. The van der Waals surface area contributed by atoms with Crippen LogP contribution in [-0.4, -0.2) is 24.3 Å². The van der Waals surface area contributed by atoms with E-state index >= 15 is 0 Å². The lowest BCUT2D eigenvalue weighted by Crippen LogP contribution is -2.31. The number of nitrogens with zero attached hydrogens (tertiary/aromatic N) is 2. The highest BCUT2D eigenvalue weighted by Crippen LogP contribution is 2.40. The van der Waals surface area contributed by atoms with Crippen molar-refractivity contribution in [3.05, 3.63) is 59.1 Å². The second-order valence-electron chi connectivity index (χ2n) is 5.87. The quantitative estimate of drug-likeness (QED) is 0.687. The molecule has 130 valence electrons. The molecule has 1 atom stereocenters. The second-order valence-corrected chi connectivity index (χ2v) is 8.79. The van der Waals surface area contributed by atoms with Gasteiger partial charge in [-0.15, -0.1) is 11.3 Å². The molecule has 0 aliphatic carbocycles. The Morgan fingerprint density at radius 1 is 1.16 bits per heavy atom. The maximum Gasteiger partial charge on any atom is 0.246 e. The van der Waals surface area contributed by atoms with E-state index in [0.29, 0.717) is 17.8 Å². The molecule has 0 bridgehead atoms. The van der Waals surface area contributed by atoms with Crippen LogP contribution in [0, 0.1) is 11.6 Å². The first-order valence-electron chi connectivity index (χ1n) is 7.79. The number of halogens is 2. The average Bonchev–Trinajstić information content (AvgIpc) is 3.23. The van der Waals surface area contributed by atoms with Crippen molar-refractivity contribution in [1.29, 1.82) is 0 Å². The third kappa shape index (κ3) is 2.84. The number of hydrogen-bond acceptors (Lipinski definition) is 4. The number of rotatable bonds is 3. The standard InChI is InChI=1S/C17H14F2N2O2S2/c18-11-7-8-12(19)16(10-11)25(22,23)21-9-3-5-14(21)17-20-13-4-1-2-6-15(13)24-17/h1-2,4,6-8,10,14H,3,5,9H2/t14-/m0/s1. The van der Waals surface area contributed by atoms with E-state index in [-0.39, 0.29) is 6.54 Å². The van der Waals surface area contributed by atoms with Gasteiger partial charge in [0.15, 0.2) is 0 Å². The number of sulfonamides is 1. The van der Waals surface area contributed by atoms with Crippen LogP contribution < -0.4 is 0 Å². The SMILES string of the molecule is O=S(=O)(c1cc(F)ccc1F)N1CCC[C@H]1c1nc2ccccc2s1. The summed E-state index contributed by atoms with van der Waals surface area (Å²) >= 11 is 1.43. The van der Waals surface area contributed by atoms with Gasteiger partial charge in [0.2, 0.25) is 10.0 Å². The van der Waals surface area contributed by atoms with Crippen LogP contribution in [0.5, 0.6) is 0 Å². The van der Waals surface area contributed by atoms with E-state index in [1.165, 1.54) is 15.6 Å². The third-order valence-corrected chi connectivity index (χ3v) is 7.34. The summed E-state index contributed by atoms with van der Waals surface area (Å²) in [6, 6.07) is 9.59. The molecule has 4 rings (SSSR count). The Morgan fingerprint density at radius 3 is 2.76 bits per heavy atom. The maximum absolute atomic E-state index is 14.0. The van der Waals surface area contributed by atoms with E-state index in [2.05, 4.69) is 4.98 Å². The summed E-state index contributed by atoms with van der Waals surface area (Å²) in [6.45, 7) is 0.263. The van der Waals surface area contributed by atoms with Gasteiger partial charge < -0.3 is 0 Å². The Labute approximate surface area is 147 Å². The number of benzene rings is 2. The van der Waals surface area contributed by atoms with Crippen molar-refractivity contribution in [3.8, 4) is 0 Å². The number of thiazole rings is 1. The van der Waals surface area contributed by atoms with E-state index in [1.807, 2.05) is 24.3 Å². The zero-order valence-corrected chi connectivity index (χ0v) is 14.7. The molecule has 1 aliphatic rings. The van der Waals surface area contributed by atoms with Gasteiger partial charge in [-0.3, -0.25) is 0 Å². The Balaban J connectivity index is 1.77. The van der Waals surface area contributed by atoms with E-state index in [9.17, 15) is 17.2 Å². The summed E-state index contributed by atoms with van der Waals surface area (Å²) in [6.07, 6.45) is 1.26. The Kier molecular flexibility index (Phi) is 4.05. The predicted octanol–water partition coefficient (Wildman–Crippen LogP) is 4.10. The summed E-state index contributed by atoms with van der Waals surface area (Å²) in [7, 11) is -4.14. The Morgan fingerprint density at radius 2 is 1.96 bits per heavy atom. The molecule has 3 aromatic rings. The molecule has 25 heavy (non-hydrogen) atoms. The lowest BCUT2D eigenvalue weighted by Gasteiger charge is -2.22. The lowest BCUT2D eigenvalue weighted by molar-refractivity contribution is 0.392. The van der Waals surface area contributed by atoms with E-state index in [0.717, 1.165) is 28.4 Å². The van der Waals surface area contributed by atoms with E-state index < -0.39 is 32.6 Å². The minimum Gasteiger partial charge on any atom is -0.239 e. The van der Waals surface area contributed by atoms with Crippen LogP contribution in [0.15, 0.2) is 47.4 Å². The van der Waals surface area contributed by atoms with Gasteiger partial charge in [-0.25, -0.2) is 22.2 Å². The minimum absolute atomic E-state index is 0.263. The molecular formula is C17H14F2N2O2S2. The van der Waals surface area contributed by atoms with Crippen LogP contribution in [0.25, 0.3) is 10.2 Å². The monoisotopic (exact) mass is 380 g/mol. The van der Waals surface area contributed by atoms with Crippen molar-refractivity contribution in [2.24, 2.45) is 0 Å². The fourth-order valence-corrected chi connectivity index (χ4v) is 6.03. The molecule has 2 aromatic carbocycles. The van der Waals surface area contributed by atoms with Crippen LogP contribution in [0.4, 0.5) is 8.78 Å². The van der Waals surface area contributed by atoms with Gasteiger partial charge in [0, 0.05) is 6.54 Å². The zero-order valence-electron chi connectivity index (χ0n) is 13.0. The maximum atomic E-state index is 14.0. The summed E-state index contributed by atoms with van der Waals surface area (Å²) in [5, 5.41) is 0.680. The normalized spacial score (nSPS) is 18.9. The average molecular weight is 380 g/mol. The van der Waals surface area contributed by atoms with E-state index in [1.54, 1.807) is 0 Å². The van der Waals surface area contributed by atoms with E-state index in [4.69, 9.17) is 0 Å². The number of aromatic nitrogens is 1. The summed E-state index contributed by atoms with van der Waals surface area (Å²) < 4.78 is 55.5. The molecule has 0 saturated carbocycles. The predicted molar refractivity (Wildman–Crippen MR) is 91.8 cm³/mol. The van der Waals surface area contributed by atoms with Crippen LogP contribution in [-0.2, 0) is 10.0 Å². The fourth-order valence-electron chi connectivity index (χ4n) is 3.11. The lowest BCUT2D eigenvalue weighted by atomic mass is 10.2. The molecule has 0 spiro atoms. The summed E-state index contributed by atoms with van der Waals surface area (Å²) in [4.78, 5) is 3.91. The van der Waals surface area contributed by atoms with Crippen molar-refractivity contribution < 1.29 is 17.2 Å².